The second kappa shape index (κ2) is 10.4. The Morgan fingerprint density at radius 1 is 0.522 bits per heavy atom. The number of anilines is 6. The summed E-state index contributed by atoms with van der Waals surface area (Å²) in [7, 11) is 0. The zero-order valence-electron chi connectivity index (χ0n) is 24.6. The van der Waals surface area contributed by atoms with Crippen molar-refractivity contribution in [3.8, 4) is 11.5 Å². The number of hydrogen-bond acceptors (Lipinski definition) is 3. The highest BCUT2D eigenvalue weighted by Crippen LogP contribution is 2.46. The lowest BCUT2D eigenvalue weighted by molar-refractivity contribution is 0.488. The largest absolute Gasteiger partial charge is 0.458 e. The van der Waals surface area contributed by atoms with Gasteiger partial charge in [0.1, 0.15) is 28.8 Å². The number of para-hydroxylation sites is 4. The molecule has 0 amide bonds. The molecule has 2 heterocycles. The molecule has 0 saturated heterocycles. The molecular formula is C40H25BF2N2O. The minimum Gasteiger partial charge on any atom is -0.458 e. The minimum atomic E-state index is -0.641. The highest BCUT2D eigenvalue weighted by molar-refractivity contribution is 7.00. The van der Waals surface area contributed by atoms with Gasteiger partial charge in [0, 0.05) is 28.8 Å². The molecule has 0 aromatic heterocycles. The Morgan fingerprint density at radius 3 is 1.91 bits per heavy atom. The number of nitrogens with zero attached hydrogens (tertiary/aromatic N) is 2. The molecule has 2 aliphatic heterocycles. The predicted octanol–water partition coefficient (Wildman–Crippen LogP) is 8.99. The SMILES string of the molecule is Fc1cccc(F)c1N1c2ccccc2B2c3c(cc(N(c4ccccc4)c4ccccc4)cc31)Oc1ccc3ccccc3c12. The summed E-state index contributed by atoms with van der Waals surface area (Å²) in [6.45, 7) is -0.224. The van der Waals surface area contributed by atoms with E-state index >= 15 is 8.78 Å². The molecule has 0 bridgehead atoms. The van der Waals surface area contributed by atoms with Crippen molar-refractivity contribution in [1.29, 1.82) is 0 Å². The van der Waals surface area contributed by atoms with E-state index in [4.69, 9.17) is 4.74 Å². The lowest BCUT2D eigenvalue weighted by Crippen LogP contribution is -2.59. The standard InChI is InChI=1S/C40H25BF2N2O/c42-32-19-11-20-33(43)40(32)45-34-21-10-9-18-31(34)41-38-30-17-8-7-12-26(30)22-23-36(38)46-37-25-29(24-35(45)39(37)41)44(27-13-3-1-4-14-27)28-15-5-2-6-16-28/h1-25H. The van der Waals surface area contributed by atoms with Crippen molar-refractivity contribution in [3.05, 3.63) is 163 Å². The van der Waals surface area contributed by atoms with E-state index in [2.05, 4.69) is 29.2 Å². The first-order valence-corrected chi connectivity index (χ1v) is 15.3. The van der Waals surface area contributed by atoms with Crippen molar-refractivity contribution in [2.24, 2.45) is 0 Å². The third-order valence-electron chi connectivity index (χ3n) is 9.01. The number of ether oxygens (including phenoxy) is 1. The molecule has 218 valence electrons. The first-order valence-electron chi connectivity index (χ1n) is 15.3. The Balaban J connectivity index is 1.39. The van der Waals surface area contributed by atoms with E-state index in [9.17, 15) is 0 Å². The summed E-state index contributed by atoms with van der Waals surface area (Å²) in [6, 6.07) is 48.6. The number of halogens is 2. The first kappa shape index (κ1) is 26.5. The van der Waals surface area contributed by atoms with Crippen LogP contribution in [0.15, 0.2) is 152 Å². The van der Waals surface area contributed by atoms with Crippen molar-refractivity contribution in [1.82, 2.24) is 0 Å². The Morgan fingerprint density at radius 2 is 1.17 bits per heavy atom. The average Bonchev–Trinajstić information content (AvgIpc) is 3.10. The third kappa shape index (κ3) is 3.96. The third-order valence-corrected chi connectivity index (χ3v) is 9.01. The predicted molar refractivity (Wildman–Crippen MR) is 184 cm³/mol. The Hall–Kier alpha value is -5.88. The van der Waals surface area contributed by atoms with E-state index in [-0.39, 0.29) is 12.4 Å². The molecule has 0 N–H and O–H groups in total. The van der Waals surface area contributed by atoms with Crippen molar-refractivity contribution in [3.63, 3.8) is 0 Å². The molecule has 7 aromatic carbocycles. The molecule has 6 heteroatoms. The van der Waals surface area contributed by atoms with Gasteiger partial charge in [0.05, 0.1) is 5.69 Å². The quantitative estimate of drug-likeness (QED) is 0.188. The topological polar surface area (TPSA) is 15.7 Å². The maximum Gasteiger partial charge on any atom is 0.257 e. The van der Waals surface area contributed by atoms with Crippen LogP contribution in [0.2, 0.25) is 0 Å². The summed E-state index contributed by atoms with van der Waals surface area (Å²) in [5, 5.41) is 2.19. The molecule has 0 saturated carbocycles. The van der Waals surface area contributed by atoms with E-state index in [0.29, 0.717) is 11.4 Å². The first-order chi connectivity index (χ1) is 22.7. The molecule has 0 radical (unpaired) electrons. The fourth-order valence-electron chi connectivity index (χ4n) is 7.13. The fourth-order valence-corrected chi connectivity index (χ4v) is 7.13. The molecule has 46 heavy (non-hydrogen) atoms. The Bertz CT molecular complexity index is 2230. The zero-order valence-corrected chi connectivity index (χ0v) is 24.6. The van der Waals surface area contributed by atoms with Gasteiger partial charge in [0.25, 0.3) is 6.71 Å². The molecule has 3 nitrogen and oxygen atoms in total. The number of fused-ring (bicyclic) bond motifs is 6. The lowest BCUT2D eigenvalue weighted by Gasteiger charge is -2.41. The van der Waals surface area contributed by atoms with Crippen LogP contribution in [0.25, 0.3) is 10.8 Å². The van der Waals surface area contributed by atoms with Gasteiger partial charge in [-0.05, 0) is 81.8 Å². The summed E-state index contributed by atoms with van der Waals surface area (Å²) in [5.74, 6) is 0.134. The molecule has 0 unspecified atom stereocenters. The smallest absolute Gasteiger partial charge is 0.257 e. The van der Waals surface area contributed by atoms with E-state index in [1.807, 2.05) is 109 Å². The van der Waals surface area contributed by atoms with Crippen LogP contribution in [0.4, 0.5) is 42.9 Å². The van der Waals surface area contributed by atoms with Crippen LogP contribution in [-0.2, 0) is 0 Å². The van der Waals surface area contributed by atoms with Gasteiger partial charge >= 0.3 is 0 Å². The van der Waals surface area contributed by atoms with Gasteiger partial charge in [-0.25, -0.2) is 8.78 Å². The highest BCUT2D eigenvalue weighted by atomic mass is 19.1. The van der Waals surface area contributed by atoms with Crippen molar-refractivity contribution >= 4 is 68.0 Å². The second-order valence-electron chi connectivity index (χ2n) is 11.6. The van der Waals surface area contributed by atoms with E-state index in [1.54, 1.807) is 4.90 Å². The number of rotatable bonds is 4. The minimum absolute atomic E-state index is 0.123. The van der Waals surface area contributed by atoms with E-state index < -0.39 is 11.6 Å². The monoisotopic (exact) mass is 598 g/mol. The molecule has 9 rings (SSSR count). The van der Waals surface area contributed by atoms with Crippen molar-refractivity contribution in [2.45, 2.75) is 0 Å². The van der Waals surface area contributed by atoms with Gasteiger partial charge in [-0.1, -0.05) is 91.0 Å². The van der Waals surface area contributed by atoms with Crippen LogP contribution in [-0.4, -0.2) is 6.71 Å². The van der Waals surface area contributed by atoms with Gasteiger partial charge in [0.2, 0.25) is 0 Å². The average molecular weight is 598 g/mol. The summed E-state index contributed by atoms with van der Waals surface area (Å²) < 4.78 is 38.5. The van der Waals surface area contributed by atoms with E-state index in [1.165, 1.54) is 18.2 Å². The highest BCUT2D eigenvalue weighted by Gasteiger charge is 2.44. The molecule has 2 aliphatic rings. The second-order valence-corrected chi connectivity index (χ2v) is 11.6. The maximum atomic E-state index is 15.8. The van der Waals surface area contributed by atoms with Crippen LogP contribution < -0.4 is 30.9 Å². The lowest BCUT2D eigenvalue weighted by atomic mass is 9.33. The number of hydrogen-bond donors (Lipinski definition) is 0. The van der Waals surface area contributed by atoms with Gasteiger partial charge in [-0.15, -0.1) is 0 Å². The Kier molecular flexibility index (Phi) is 5.97. The van der Waals surface area contributed by atoms with Gasteiger partial charge in [-0.2, -0.15) is 0 Å². The summed E-state index contributed by atoms with van der Waals surface area (Å²) in [4.78, 5) is 3.87. The van der Waals surface area contributed by atoms with Crippen molar-refractivity contribution < 1.29 is 13.5 Å². The van der Waals surface area contributed by atoms with Gasteiger partial charge < -0.3 is 14.5 Å². The van der Waals surface area contributed by atoms with Crippen LogP contribution in [0.3, 0.4) is 0 Å². The van der Waals surface area contributed by atoms with E-state index in [0.717, 1.165) is 55.7 Å². The summed E-state index contributed by atoms with van der Waals surface area (Å²) in [6.07, 6.45) is 0. The molecule has 0 aliphatic carbocycles. The van der Waals surface area contributed by atoms with Crippen LogP contribution in [0.1, 0.15) is 0 Å². The number of benzene rings is 7. The normalized spacial score (nSPS) is 12.7. The molecule has 7 aromatic rings. The van der Waals surface area contributed by atoms with Crippen LogP contribution >= 0.6 is 0 Å². The molecule has 0 fully saturated rings. The van der Waals surface area contributed by atoms with Gasteiger partial charge in [-0.3, -0.25) is 0 Å². The fraction of sp³-hybridized carbons (Fsp3) is 0. The summed E-state index contributed by atoms with van der Waals surface area (Å²) >= 11 is 0. The summed E-state index contributed by atoms with van der Waals surface area (Å²) in [5.41, 5.74) is 6.82. The molecular weight excluding hydrogens is 573 g/mol. The van der Waals surface area contributed by atoms with Crippen molar-refractivity contribution in [2.75, 3.05) is 9.80 Å². The molecule has 0 spiro atoms. The van der Waals surface area contributed by atoms with Gasteiger partial charge in [0.15, 0.2) is 0 Å². The van der Waals surface area contributed by atoms with Crippen LogP contribution in [0.5, 0.6) is 11.5 Å². The Labute approximate surface area is 265 Å². The molecule has 0 atom stereocenters. The van der Waals surface area contributed by atoms with Crippen LogP contribution in [0, 0.1) is 11.6 Å². The zero-order chi connectivity index (χ0) is 30.8. The maximum absolute atomic E-state index is 15.8.